The first-order chi connectivity index (χ1) is 5.29. The van der Waals surface area contributed by atoms with E-state index in [1.54, 1.807) is 0 Å². The maximum absolute atomic E-state index is 10.8. The van der Waals surface area contributed by atoms with E-state index in [0.29, 0.717) is 24.5 Å². The average molecular weight is 156 g/mol. The monoisotopic (exact) mass is 156 g/mol. The summed E-state index contributed by atoms with van der Waals surface area (Å²) in [6, 6.07) is 0. The fourth-order valence-electron chi connectivity index (χ4n) is 1.83. The van der Waals surface area contributed by atoms with Crippen LogP contribution in [0, 0.1) is 5.92 Å². The summed E-state index contributed by atoms with van der Waals surface area (Å²) in [5, 5.41) is 0. The zero-order chi connectivity index (χ0) is 7.84. The Hall–Kier alpha value is -0.570. The lowest BCUT2D eigenvalue weighted by molar-refractivity contribution is -0.141. The molecule has 1 aliphatic heterocycles. The molecule has 0 aromatic carbocycles. The summed E-state index contributed by atoms with van der Waals surface area (Å²) in [6.07, 6.45) is 3.64. The minimum absolute atomic E-state index is 0.0868. The summed E-state index contributed by atoms with van der Waals surface area (Å²) in [6.45, 7) is 0. The van der Waals surface area contributed by atoms with Crippen molar-refractivity contribution in [2.24, 2.45) is 5.92 Å². The van der Waals surface area contributed by atoms with Gasteiger partial charge in [-0.2, -0.15) is 0 Å². The summed E-state index contributed by atoms with van der Waals surface area (Å²) in [5.74, 6) is 0.433. The van der Waals surface area contributed by atoms with E-state index < -0.39 is 0 Å². The number of hydrogen-bond acceptors (Lipinski definition) is 3. The average Bonchev–Trinajstić information content (AvgIpc) is 2.60. The van der Waals surface area contributed by atoms with Crippen LogP contribution in [0.1, 0.15) is 19.3 Å². The van der Waals surface area contributed by atoms with Gasteiger partial charge >= 0.3 is 5.97 Å². The highest BCUT2D eigenvalue weighted by Crippen LogP contribution is 2.43. The second-order valence-electron chi connectivity index (χ2n) is 3.33. The van der Waals surface area contributed by atoms with Gasteiger partial charge in [0.25, 0.3) is 0 Å². The Morgan fingerprint density at radius 3 is 2.73 bits per heavy atom. The number of carbonyl (C=O) groups excluding carboxylic acids is 1. The number of fused-ring (bicyclic) bond motifs is 1. The van der Waals surface area contributed by atoms with E-state index in [1.807, 2.05) is 0 Å². The van der Waals surface area contributed by atoms with Crippen LogP contribution in [-0.4, -0.2) is 25.3 Å². The van der Waals surface area contributed by atoms with Crippen molar-refractivity contribution < 1.29 is 14.3 Å². The Labute approximate surface area is 65.7 Å². The molecule has 0 amide bonds. The molecule has 3 nitrogen and oxygen atoms in total. The Morgan fingerprint density at radius 2 is 2.18 bits per heavy atom. The van der Waals surface area contributed by atoms with E-state index in [9.17, 15) is 4.79 Å². The van der Waals surface area contributed by atoms with Gasteiger partial charge in [-0.15, -0.1) is 0 Å². The Balaban J connectivity index is 1.75. The van der Waals surface area contributed by atoms with Crippen molar-refractivity contribution in [2.45, 2.75) is 31.5 Å². The summed E-state index contributed by atoms with van der Waals surface area (Å²) in [4.78, 5) is 10.8. The van der Waals surface area contributed by atoms with Gasteiger partial charge in [0.2, 0.25) is 0 Å². The molecule has 2 fully saturated rings. The maximum Gasteiger partial charge on any atom is 0.305 e. The molecule has 0 radical (unpaired) electrons. The van der Waals surface area contributed by atoms with Crippen LogP contribution in [-0.2, 0) is 14.3 Å². The minimum atomic E-state index is -0.0868. The lowest BCUT2D eigenvalue weighted by atomic mass is 10.0. The number of rotatable bonds is 2. The van der Waals surface area contributed by atoms with E-state index in [-0.39, 0.29) is 5.97 Å². The summed E-state index contributed by atoms with van der Waals surface area (Å²) in [7, 11) is 1.44. The Kier molecular flexibility index (Phi) is 1.60. The molecule has 1 aliphatic carbocycles. The van der Waals surface area contributed by atoms with Gasteiger partial charge in [0, 0.05) is 6.42 Å². The molecule has 1 heterocycles. The first-order valence-electron chi connectivity index (χ1n) is 4.02. The summed E-state index contributed by atoms with van der Waals surface area (Å²) < 4.78 is 9.83. The molecule has 0 N–H and O–H groups in total. The van der Waals surface area contributed by atoms with Crippen molar-refractivity contribution >= 4 is 5.97 Å². The van der Waals surface area contributed by atoms with Gasteiger partial charge in [0.05, 0.1) is 19.3 Å². The van der Waals surface area contributed by atoms with E-state index in [1.165, 1.54) is 7.11 Å². The predicted molar refractivity (Wildman–Crippen MR) is 38.0 cm³/mol. The SMILES string of the molecule is COC(=O)CC1CC2OC2C1. The van der Waals surface area contributed by atoms with Crippen molar-refractivity contribution in [1.82, 2.24) is 0 Å². The molecular weight excluding hydrogens is 144 g/mol. The molecule has 2 aliphatic rings. The van der Waals surface area contributed by atoms with Crippen molar-refractivity contribution in [3.8, 4) is 0 Å². The predicted octanol–water partition coefficient (Wildman–Crippen LogP) is 0.727. The standard InChI is InChI=1S/C8H12O3/c1-10-8(9)4-5-2-6-7(3-5)11-6/h5-7H,2-4H2,1H3. The van der Waals surface area contributed by atoms with Gasteiger partial charge in [0.1, 0.15) is 0 Å². The van der Waals surface area contributed by atoms with Crippen LogP contribution in [0.3, 0.4) is 0 Å². The molecule has 1 saturated carbocycles. The highest BCUT2D eigenvalue weighted by atomic mass is 16.6. The van der Waals surface area contributed by atoms with Crippen LogP contribution in [0.5, 0.6) is 0 Å². The smallest absolute Gasteiger partial charge is 0.305 e. The second kappa shape index (κ2) is 2.48. The highest BCUT2D eigenvalue weighted by Gasteiger charge is 2.48. The number of carbonyl (C=O) groups is 1. The highest BCUT2D eigenvalue weighted by molar-refractivity contribution is 5.69. The summed E-state index contributed by atoms with van der Waals surface area (Å²) in [5.41, 5.74) is 0. The summed E-state index contributed by atoms with van der Waals surface area (Å²) >= 11 is 0. The maximum atomic E-state index is 10.8. The van der Waals surface area contributed by atoms with Crippen molar-refractivity contribution in [2.75, 3.05) is 7.11 Å². The molecule has 2 unspecified atom stereocenters. The topological polar surface area (TPSA) is 38.8 Å². The van der Waals surface area contributed by atoms with Crippen LogP contribution in [0.25, 0.3) is 0 Å². The zero-order valence-corrected chi connectivity index (χ0v) is 6.58. The molecule has 2 rings (SSSR count). The first kappa shape index (κ1) is 7.10. The number of esters is 1. The normalized spacial score (nSPS) is 39.9. The lowest BCUT2D eigenvalue weighted by Crippen LogP contribution is -2.09. The number of hydrogen-bond donors (Lipinski definition) is 0. The van der Waals surface area contributed by atoms with Gasteiger partial charge in [-0.3, -0.25) is 4.79 Å². The number of methoxy groups -OCH3 is 1. The van der Waals surface area contributed by atoms with E-state index >= 15 is 0 Å². The van der Waals surface area contributed by atoms with Crippen molar-refractivity contribution in [3.63, 3.8) is 0 Å². The molecule has 3 heteroatoms. The molecular formula is C8H12O3. The largest absolute Gasteiger partial charge is 0.469 e. The third-order valence-corrected chi connectivity index (χ3v) is 2.50. The van der Waals surface area contributed by atoms with Crippen LogP contribution >= 0.6 is 0 Å². The molecule has 1 saturated heterocycles. The number of epoxide rings is 1. The van der Waals surface area contributed by atoms with Gasteiger partial charge in [-0.05, 0) is 18.8 Å². The van der Waals surface area contributed by atoms with Crippen LogP contribution in [0.4, 0.5) is 0 Å². The molecule has 0 spiro atoms. The minimum Gasteiger partial charge on any atom is -0.469 e. The van der Waals surface area contributed by atoms with E-state index in [0.717, 1.165) is 12.8 Å². The molecule has 11 heavy (non-hydrogen) atoms. The molecule has 0 bridgehead atoms. The van der Waals surface area contributed by atoms with Crippen LogP contribution < -0.4 is 0 Å². The van der Waals surface area contributed by atoms with Crippen LogP contribution in [0.15, 0.2) is 0 Å². The molecule has 62 valence electrons. The van der Waals surface area contributed by atoms with Gasteiger partial charge in [-0.25, -0.2) is 0 Å². The molecule has 2 atom stereocenters. The van der Waals surface area contributed by atoms with Gasteiger partial charge in [0.15, 0.2) is 0 Å². The van der Waals surface area contributed by atoms with Gasteiger partial charge in [-0.1, -0.05) is 0 Å². The Morgan fingerprint density at radius 1 is 1.55 bits per heavy atom. The van der Waals surface area contributed by atoms with Crippen molar-refractivity contribution in [3.05, 3.63) is 0 Å². The molecule has 0 aromatic heterocycles. The van der Waals surface area contributed by atoms with Crippen LogP contribution in [0.2, 0.25) is 0 Å². The number of ether oxygens (including phenoxy) is 2. The zero-order valence-electron chi connectivity index (χ0n) is 6.58. The third kappa shape index (κ3) is 1.38. The Bertz CT molecular complexity index is 168. The van der Waals surface area contributed by atoms with E-state index in [2.05, 4.69) is 4.74 Å². The quantitative estimate of drug-likeness (QED) is 0.437. The second-order valence-corrected chi connectivity index (χ2v) is 3.33. The first-order valence-corrected chi connectivity index (χ1v) is 4.02. The lowest BCUT2D eigenvalue weighted by Gasteiger charge is -2.07. The fraction of sp³-hybridized carbons (Fsp3) is 0.875. The van der Waals surface area contributed by atoms with E-state index in [4.69, 9.17) is 4.74 Å². The van der Waals surface area contributed by atoms with Gasteiger partial charge < -0.3 is 9.47 Å². The third-order valence-electron chi connectivity index (χ3n) is 2.50. The fourth-order valence-corrected chi connectivity index (χ4v) is 1.83. The molecule has 0 aromatic rings. The van der Waals surface area contributed by atoms with Crippen molar-refractivity contribution in [1.29, 1.82) is 0 Å².